The summed E-state index contributed by atoms with van der Waals surface area (Å²) in [7, 11) is 0. The molecular formula is C20H24O6. The third kappa shape index (κ3) is 4.88. The van der Waals surface area contributed by atoms with Crippen molar-refractivity contribution in [2.24, 2.45) is 0 Å². The first kappa shape index (κ1) is 19.6. The van der Waals surface area contributed by atoms with Crippen molar-refractivity contribution in [3.63, 3.8) is 0 Å². The minimum Gasteiger partial charge on any atom is -0.489 e. The van der Waals surface area contributed by atoms with Crippen molar-refractivity contribution in [2.75, 3.05) is 6.61 Å². The van der Waals surface area contributed by atoms with E-state index in [0.29, 0.717) is 17.7 Å². The number of hydrogen-bond donors (Lipinski definition) is 0. The standard InChI is InChI=1S/C20H24O6/c1-5-6-7-8-12-23-16-11-9-10-15-17(16)26-20(22)19(24-13(2)3)18(15)25-14(4)21/h6-7,9-11,13H,5,8,12H2,1-4H3/b7-6+. The van der Waals surface area contributed by atoms with Crippen LogP contribution in [-0.2, 0) is 4.79 Å². The summed E-state index contributed by atoms with van der Waals surface area (Å²) >= 11 is 0. The second-order valence-electron chi connectivity index (χ2n) is 5.96. The quantitative estimate of drug-likeness (QED) is 0.303. The van der Waals surface area contributed by atoms with Gasteiger partial charge in [0.15, 0.2) is 17.1 Å². The normalized spacial score (nSPS) is 11.3. The van der Waals surface area contributed by atoms with E-state index in [1.54, 1.807) is 32.0 Å². The fourth-order valence-corrected chi connectivity index (χ4v) is 2.37. The van der Waals surface area contributed by atoms with E-state index in [2.05, 4.69) is 13.0 Å². The molecule has 0 atom stereocenters. The van der Waals surface area contributed by atoms with Crippen LogP contribution in [-0.4, -0.2) is 18.7 Å². The smallest absolute Gasteiger partial charge is 0.383 e. The van der Waals surface area contributed by atoms with Crippen molar-refractivity contribution >= 4 is 16.9 Å². The van der Waals surface area contributed by atoms with Gasteiger partial charge in [0, 0.05) is 6.92 Å². The molecule has 0 saturated carbocycles. The average Bonchev–Trinajstić information content (AvgIpc) is 2.57. The Morgan fingerprint density at radius 2 is 2.00 bits per heavy atom. The number of esters is 1. The fraction of sp³-hybridized carbons (Fsp3) is 0.400. The van der Waals surface area contributed by atoms with E-state index in [-0.39, 0.29) is 23.2 Å². The van der Waals surface area contributed by atoms with E-state index in [4.69, 9.17) is 18.6 Å². The highest BCUT2D eigenvalue weighted by Gasteiger charge is 2.22. The molecule has 140 valence electrons. The van der Waals surface area contributed by atoms with Gasteiger partial charge in [0.05, 0.1) is 18.1 Å². The van der Waals surface area contributed by atoms with Crippen molar-refractivity contribution in [1.82, 2.24) is 0 Å². The van der Waals surface area contributed by atoms with Crippen LogP contribution in [0.4, 0.5) is 0 Å². The summed E-state index contributed by atoms with van der Waals surface area (Å²) < 4.78 is 21.9. The van der Waals surface area contributed by atoms with Gasteiger partial charge in [-0.15, -0.1) is 0 Å². The molecule has 2 aromatic rings. The third-order valence-corrected chi connectivity index (χ3v) is 3.35. The zero-order valence-corrected chi connectivity index (χ0v) is 15.5. The van der Waals surface area contributed by atoms with Crippen LogP contribution >= 0.6 is 0 Å². The van der Waals surface area contributed by atoms with Crippen molar-refractivity contribution in [3.05, 3.63) is 40.8 Å². The molecule has 1 aromatic carbocycles. The molecular weight excluding hydrogens is 336 g/mol. The molecule has 2 rings (SSSR count). The lowest BCUT2D eigenvalue weighted by Gasteiger charge is -2.15. The molecule has 0 spiro atoms. The van der Waals surface area contributed by atoms with Crippen LogP contribution in [0.5, 0.6) is 17.2 Å². The van der Waals surface area contributed by atoms with Crippen molar-refractivity contribution in [3.8, 4) is 17.2 Å². The molecule has 0 unspecified atom stereocenters. The minimum absolute atomic E-state index is 0.0498. The number of hydrogen-bond acceptors (Lipinski definition) is 6. The predicted molar refractivity (Wildman–Crippen MR) is 99.1 cm³/mol. The van der Waals surface area contributed by atoms with E-state index in [1.807, 2.05) is 6.08 Å². The van der Waals surface area contributed by atoms with Gasteiger partial charge in [-0.3, -0.25) is 4.79 Å². The largest absolute Gasteiger partial charge is 0.489 e. The molecule has 0 fully saturated rings. The van der Waals surface area contributed by atoms with Gasteiger partial charge in [-0.25, -0.2) is 4.79 Å². The lowest BCUT2D eigenvalue weighted by molar-refractivity contribution is -0.131. The molecule has 6 nitrogen and oxygen atoms in total. The third-order valence-electron chi connectivity index (χ3n) is 3.35. The molecule has 6 heteroatoms. The number of rotatable bonds is 8. The number of carbonyl (C=O) groups excluding carboxylic acids is 1. The molecule has 26 heavy (non-hydrogen) atoms. The number of ether oxygens (including phenoxy) is 3. The molecule has 0 radical (unpaired) electrons. The van der Waals surface area contributed by atoms with Gasteiger partial charge in [-0.05, 0) is 38.8 Å². The molecule has 0 aliphatic heterocycles. The molecule has 0 N–H and O–H groups in total. The van der Waals surface area contributed by atoms with Crippen LogP contribution in [0.3, 0.4) is 0 Å². The van der Waals surface area contributed by atoms with E-state index in [0.717, 1.165) is 12.8 Å². The summed E-state index contributed by atoms with van der Waals surface area (Å²) in [5.74, 6) is -0.213. The topological polar surface area (TPSA) is 75.0 Å². The van der Waals surface area contributed by atoms with Crippen LogP contribution in [0, 0.1) is 0 Å². The highest BCUT2D eigenvalue weighted by atomic mass is 16.6. The highest BCUT2D eigenvalue weighted by molar-refractivity contribution is 5.91. The minimum atomic E-state index is -0.718. The summed E-state index contributed by atoms with van der Waals surface area (Å²) in [5.41, 5.74) is -0.492. The lowest BCUT2D eigenvalue weighted by Crippen LogP contribution is -2.16. The van der Waals surface area contributed by atoms with Crippen LogP contribution in [0.15, 0.2) is 39.6 Å². The van der Waals surface area contributed by atoms with Crippen LogP contribution in [0.25, 0.3) is 11.0 Å². The maximum absolute atomic E-state index is 12.4. The number of carbonyl (C=O) groups is 1. The fourth-order valence-electron chi connectivity index (χ4n) is 2.37. The number of para-hydroxylation sites is 1. The van der Waals surface area contributed by atoms with E-state index < -0.39 is 11.6 Å². The Morgan fingerprint density at radius 3 is 2.65 bits per heavy atom. The second kappa shape index (κ2) is 9.08. The Labute approximate surface area is 152 Å². The van der Waals surface area contributed by atoms with Crippen LogP contribution in [0.1, 0.15) is 40.5 Å². The molecule has 0 saturated heterocycles. The van der Waals surface area contributed by atoms with Crippen molar-refractivity contribution in [1.29, 1.82) is 0 Å². The van der Waals surface area contributed by atoms with Crippen LogP contribution < -0.4 is 19.8 Å². The molecule has 0 aliphatic rings. The Bertz CT molecular complexity index is 847. The van der Waals surface area contributed by atoms with Gasteiger partial charge < -0.3 is 18.6 Å². The van der Waals surface area contributed by atoms with E-state index in [9.17, 15) is 9.59 Å². The maximum Gasteiger partial charge on any atom is 0.383 e. The summed E-state index contributed by atoms with van der Waals surface area (Å²) in [6.45, 7) is 7.30. The molecule has 1 heterocycles. The zero-order chi connectivity index (χ0) is 19.1. The lowest BCUT2D eigenvalue weighted by atomic mass is 10.2. The number of allylic oxidation sites excluding steroid dienone is 1. The first-order chi connectivity index (χ1) is 12.4. The second-order valence-corrected chi connectivity index (χ2v) is 5.96. The van der Waals surface area contributed by atoms with Crippen LogP contribution in [0.2, 0.25) is 0 Å². The van der Waals surface area contributed by atoms with Crippen molar-refractivity contribution in [2.45, 2.75) is 46.6 Å². The summed E-state index contributed by atoms with van der Waals surface area (Å²) in [6.07, 6.45) is 5.50. The van der Waals surface area contributed by atoms with Gasteiger partial charge in [-0.2, -0.15) is 0 Å². The summed E-state index contributed by atoms with van der Waals surface area (Å²) in [5, 5.41) is 0.442. The number of fused-ring (bicyclic) bond motifs is 1. The van der Waals surface area contributed by atoms with Gasteiger partial charge >= 0.3 is 11.6 Å². The SMILES string of the molecule is CC/C=C/CCOc1cccc2c(OC(C)=O)c(OC(C)C)c(=O)oc12. The van der Waals surface area contributed by atoms with E-state index >= 15 is 0 Å². The van der Waals surface area contributed by atoms with Gasteiger partial charge in [0.25, 0.3) is 0 Å². The summed E-state index contributed by atoms with van der Waals surface area (Å²) in [4.78, 5) is 23.9. The Balaban J connectivity index is 2.48. The molecule has 0 amide bonds. The van der Waals surface area contributed by atoms with Gasteiger partial charge in [0.1, 0.15) is 0 Å². The zero-order valence-electron chi connectivity index (χ0n) is 15.5. The Hall–Kier alpha value is -2.76. The monoisotopic (exact) mass is 360 g/mol. The average molecular weight is 360 g/mol. The number of benzene rings is 1. The first-order valence-corrected chi connectivity index (χ1v) is 8.66. The van der Waals surface area contributed by atoms with E-state index in [1.165, 1.54) is 6.92 Å². The molecule has 0 bridgehead atoms. The highest BCUT2D eigenvalue weighted by Crippen LogP contribution is 2.37. The Morgan fingerprint density at radius 1 is 1.23 bits per heavy atom. The van der Waals surface area contributed by atoms with Crippen molar-refractivity contribution < 1.29 is 23.4 Å². The maximum atomic E-state index is 12.4. The first-order valence-electron chi connectivity index (χ1n) is 8.66. The molecule has 1 aromatic heterocycles. The van der Waals surface area contributed by atoms with Gasteiger partial charge in [0.2, 0.25) is 5.75 Å². The summed E-state index contributed by atoms with van der Waals surface area (Å²) in [6, 6.07) is 5.13. The Kier molecular flexibility index (Phi) is 6.83. The van der Waals surface area contributed by atoms with Gasteiger partial charge in [-0.1, -0.05) is 25.1 Å². The predicted octanol–water partition coefficient (Wildman–Crippen LogP) is 4.24. The molecule has 0 aliphatic carbocycles.